The van der Waals surface area contributed by atoms with Gasteiger partial charge in [-0.15, -0.1) is 0 Å². The molecule has 0 saturated heterocycles. The highest BCUT2D eigenvalue weighted by molar-refractivity contribution is 9.10. The van der Waals surface area contributed by atoms with E-state index in [4.69, 9.17) is 0 Å². The number of nitro groups is 1. The van der Waals surface area contributed by atoms with E-state index in [0.717, 1.165) is 4.47 Å². The summed E-state index contributed by atoms with van der Waals surface area (Å²) in [5, 5.41) is 23.2. The number of hydrogen-bond donors (Lipinski definition) is 2. The number of nitro benzene ring substituents is 1. The van der Waals surface area contributed by atoms with Crippen molar-refractivity contribution in [1.29, 1.82) is 0 Å². The van der Waals surface area contributed by atoms with Crippen LogP contribution in [0.4, 0.5) is 5.69 Å². The Morgan fingerprint density at radius 3 is 2.67 bits per heavy atom. The smallest absolute Gasteiger partial charge is 0.273 e. The molecule has 0 heterocycles. The fourth-order valence-electron chi connectivity index (χ4n) is 1.63. The number of nitrogens with zero attached hydrogens (tertiary/aromatic N) is 1. The van der Waals surface area contributed by atoms with Crippen molar-refractivity contribution >= 4 is 21.6 Å². The van der Waals surface area contributed by atoms with E-state index in [0.29, 0.717) is 12.1 Å². The molecule has 0 saturated carbocycles. The summed E-state index contributed by atoms with van der Waals surface area (Å²) >= 11 is 3.30. The number of halogens is 1. The zero-order chi connectivity index (χ0) is 13.7. The summed E-state index contributed by atoms with van der Waals surface area (Å²) in [6.07, 6.45) is 0. The molecule has 0 aromatic heterocycles. The van der Waals surface area contributed by atoms with Crippen molar-refractivity contribution in [3.8, 4) is 0 Å². The lowest BCUT2D eigenvalue weighted by molar-refractivity contribution is -0.385. The Morgan fingerprint density at radius 2 is 2.17 bits per heavy atom. The average Bonchev–Trinajstić information content (AvgIpc) is 2.29. The van der Waals surface area contributed by atoms with Crippen molar-refractivity contribution in [2.45, 2.75) is 26.4 Å². The lowest BCUT2D eigenvalue weighted by atomic mass is 10.0. The van der Waals surface area contributed by atoms with Gasteiger partial charge in [-0.25, -0.2) is 0 Å². The van der Waals surface area contributed by atoms with Crippen molar-refractivity contribution in [1.82, 2.24) is 5.32 Å². The van der Waals surface area contributed by atoms with Crippen LogP contribution in [0.2, 0.25) is 0 Å². The Hall–Kier alpha value is -0.980. The normalized spacial score (nSPS) is 12.7. The molecule has 1 unspecified atom stereocenters. The largest absolute Gasteiger partial charge is 0.395 e. The van der Waals surface area contributed by atoms with Crippen molar-refractivity contribution in [2.24, 2.45) is 5.92 Å². The Kier molecular flexibility index (Phi) is 5.71. The number of hydrogen-bond acceptors (Lipinski definition) is 4. The Bertz CT molecular complexity index is 424. The highest BCUT2D eigenvalue weighted by Gasteiger charge is 2.16. The van der Waals surface area contributed by atoms with E-state index in [1.165, 1.54) is 6.07 Å². The van der Waals surface area contributed by atoms with Crippen LogP contribution in [0.25, 0.3) is 0 Å². The van der Waals surface area contributed by atoms with Gasteiger partial charge in [0.25, 0.3) is 5.69 Å². The van der Waals surface area contributed by atoms with E-state index in [2.05, 4.69) is 21.2 Å². The molecule has 0 aliphatic carbocycles. The molecule has 18 heavy (non-hydrogen) atoms. The summed E-state index contributed by atoms with van der Waals surface area (Å²) < 4.78 is 0.801. The Labute approximate surface area is 114 Å². The molecule has 2 N–H and O–H groups in total. The van der Waals surface area contributed by atoms with E-state index in [1.807, 2.05) is 13.8 Å². The van der Waals surface area contributed by atoms with Gasteiger partial charge in [-0.05, 0) is 18.1 Å². The summed E-state index contributed by atoms with van der Waals surface area (Å²) in [7, 11) is 0. The first-order chi connectivity index (χ1) is 8.45. The third kappa shape index (κ3) is 4.04. The molecular weight excluding hydrogens is 300 g/mol. The van der Waals surface area contributed by atoms with Crippen LogP contribution >= 0.6 is 15.9 Å². The molecule has 0 bridgehead atoms. The molecule has 6 heteroatoms. The van der Waals surface area contributed by atoms with Crippen molar-refractivity contribution < 1.29 is 10.0 Å². The first kappa shape index (κ1) is 15.1. The second-order valence-electron chi connectivity index (χ2n) is 4.44. The van der Waals surface area contributed by atoms with Gasteiger partial charge >= 0.3 is 0 Å². The van der Waals surface area contributed by atoms with E-state index >= 15 is 0 Å². The fraction of sp³-hybridized carbons (Fsp3) is 0.500. The molecule has 0 radical (unpaired) electrons. The third-order valence-corrected chi connectivity index (χ3v) is 3.29. The summed E-state index contributed by atoms with van der Waals surface area (Å²) in [6.45, 7) is 4.35. The highest BCUT2D eigenvalue weighted by atomic mass is 79.9. The molecule has 1 atom stereocenters. The highest BCUT2D eigenvalue weighted by Crippen LogP contribution is 2.23. The summed E-state index contributed by atoms with van der Waals surface area (Å²) in [6, 6.07) is 4.78. The van der Waals surface area contributed by atoms with E-state index in [-0.39, 0.29) is 24.3 Å². The SMILES string of the molecule is CC(C)C(CO)NCc1cc(Br)ccc1[N+](=O)[O-]. The predicted molar refractivity (Wildman–Crippen MR) is 73.3 cm³/mol. The van der Waals surface area contributed by atoms with Crippen LogP contribution in [-0.2, 0) is 6.54 Å². The second-order valence-corrected chi connectivity index (χ2v) is 5.36. The van der Waals surface area contributed by atoms with Crippen LogP contribution in [0.1, 0.15) is 19.4 Å². The summed E-state index contributed by atoms with van der Waals surface area (Å²) in [5.41, 5.74) is 0.694. The number of aliphatic hydroxyl groups is 1. The average molecular weight is 317 g/mol. The van der Waals surface area contributed by atoms with Gasteiger partial charge in [-0.1, -0.05) is 29.8 Å². The van der Waals surface area contributed by atoms with Crippen LogP contribution < -0.4 is 5.32 Å². The van der Waals surface area contributed by atoms with Gasteiger partial charge in [0.1, 0.15) is 0 Å². The fourth-order valence-corrected chi connectivity index (χ4v) is 2.03. The third-order valence-electron chi connectivity index (χ3n) is 2.79. The minimum Gasteiger partial charge on any atom is -0.395 e. The van der Waals surface area contributed by atoms with Crippen molar-refractivity contribution in [3.05, 3.63) is 38.3 Å². The topological polar surface area (TPSA) is 75.4 Å². The first-order valence-corrected chi connectivity index (χ1v) is 6.52. The summed E-state index contributed by atoms with van der Waals surface area (Å²) in [4.78, 5) is 10.5. The van der Waals surface area contributed by atoms with Crippen molar-refractivity contribution in [2.75, 3.05) is 6.61 Å². The zero-order valence-corrected chi connectivity index (χ0v) is 12.0. The van der Waals surface area contributed by atoms with Gasteiger partial charge in [-0.3, -0.25) is 10.1 Å². The predicted octanol–water partition coefficient (Wildman–Crippen LogP) is 2.46. The number of rotatable bonds is 6. The number of benzene rings is 1. The molecule has 5 nitrogen and oxygen atoms in total. The van der Waals surface area contributed by atoms with Gasteiger partial charge in [0, 0.05) is 28.7 Å². The van der Waals surface area contributed by atoms with E-state index < -0.39 is 4.92 Å². The van der Waals surface area contributed by atoms with E-state index in [9.17, 15) is 15.2 Å². The maximum atomic E-state index is 10.9. The molecule has 0 aliphatic heterocycles. The Morgan fingerprint density at radius 1 is 1.50 bits per heavy atom. The second kappa shape index (κ2) is 6.82. The lowest BCUT2D eigenvalue weighted by Gasteiger charge is -2.19. The van der Waals surface area contributed by atoms with E-state index in [1.54, 1.807) is 12.1 Å². The maximum Gasteiger partial charge on any atom is 0.273 e. The molecule has 0 spiro atoms. The van der Waals surface area contributed by atoms with Gasteiger partial charge in [0.2, 0.25) is 0 Å². The number of nitrogens with one attached hydrogen (secondary N) is 1. The maximum absolute atomic E-state index is 10.9. The quantitative estimate of drug-likeness (QED) is 0.624. The van der Waals surface area contributed by atoms with Gasteiger partial charge < -0.3 is 10.4 Å². The Balaban J connectivity index is 2.83. The minimum absolute atomic E-state index is 0.0134. The van der Waals surface area contributed by atoms with Gasteiger partial charge in [0.15, 0.2) is 0 Å². The molecule has 100 valence electrons. The van der Waals surface area contributed by atoms with Crippen LogP contribution in [0, 0.1) is 16.0 Å². The molecule has 0 fully saturated rings. The molecule has 1 rings (SSSR count). The van der Waals surface area contributed by atoms with Crippen LogP contribution in [0.5, 0.6) is 0 Å². The number of aliphatic hydroxyl groups excluding tert-OH is 1. The first-order valence-electron chi connectivity index (χ1n) is 5.72. The standard InChI is InChI=1S/C12H17BrN2O3/c1-8(2)11(7-16)14-6-9-5-10(13)3-4-12(9)15(17)18/h3-5,8,11,14,16H,6-7H2,1-2H3. The molecule has 1 aromatic rings. The van der Waals surface area contributed by atoms with Gasteiger partial charge in [0.05, 0.1) is 11.5 Å². The van der Waals surface area contributed by atoms with Crippen LogP contribution in [-0.4, -0.2) is 22.7 Å². The molecular formula is C12H17BrN2O3. The molecule has 0 amide bonds. The van der Waals surface area contributed by atoms with Crippen LogP contribution in [0.3, 0.4) is 0 Å². The lowest BCUT2D eigenvalue weighted by Crippen LogP contribution is -2.36. The van der Waals surface area contributed by atoms with Gasteiger partial charge in [-0.2, -0.15) is 0 Å². The molecule has 0 aliphatic rings. The monoisotopic (exact) mass is 316 g/mol. The molecule has 1 aromatic carbocycles. The zero-order valence-electron chi connectivity index (χ0n) is 10.4. The van der Waals surface area contributed by atoms with Crippen LogP contribution in [0.15, 0.2) is 22.7 Å². The summed E-state index contributed by atoms with van der Waals surface area (Å²) in [5.74, 6) is 0.265. The van der Waals surface area contributed by atoms with Crippen molar-refractivity contribution in [3.63, 3.8) is 0 Å². The minimum atomic E-state index is -0.396.